The second-order valence-electron chi connectivity index (χ2n) is 5.02. The fraction of sp³-hybridized carbons (Fsp3) is 0.571. The Bertz CT molecular complexity index is 359. The van der Waals surface area contributed by atoms with Gasteiger partial charge in [0.2, 0.25) is 0 Å². The molecular weight excluding hydrogens is 276 g/mol. The fourth-order valence-corrected chi connectivity index (χ4v) is 3.15. The smallest absolute Gasteiger partial charge is 0.0496 e. The molecule has 1 N–H and O–H groups in total. The lowest BCUT2D eigenvalue weighted by molar-refractivity contribution is 0.205. The van der Waals surface area contributed by atoms with Crippen molar-refractivity contribution in [2.75, 3.05) is 20.6 Å². The van der Waals surface area contributed by atoms with Gasteiger partial charge in [0.15, 0.2) is 0 Å². The highest BCUT2D eigenvalue weighted by molar-refractivity contribution is 9.10. The van der Waals surface area contributed by atoms with Crippen LogP contribution < -0.4 is 5.32 Å². The molecule has 1 aromatic rings. The zero-order chi connectivity index (χ0) is 12.3. The summed E-state index contributed by atoms with van der Waals surface area (Å²) >= 11 is 3.56. The minimum Gasteiger partial charge on any atom is -0.312 e. The maximum absolute atomic E-state index is 3.66. The molecule has 1 heterocycles. The van der Waals surface area contributed by atoms with Gasteiger partial charge in [-0.1, -0.05) is 34.5 Å². The predicted octanol–water partition coefficient (Wildman–Crippen LogP) is 3.19. The van der Waals surface area contributed by atoms with Crippen molar-refractivity contribution >= 4 is 15.9 Å². The van der Waals surface area contributed by atoms with Gasteiger partial charge in [-0.25, -0.2) is 0 Å². The molecule has 1 fully saturated rings. The van der Waals surface area contributed by atoms with Crippen LogP contribution in [0, 0.1) is 0 Å². The summed E-state index contributed by atoms with van der Waals surface area (Å²) in [6.45, 7) is 1.16. The Balaban J connectivity index is 2.21. The van der Waals surface area contributed by atoms with E-state index in [1.165, 1.54) is 24.8 Å². The average Bonchev–Trinajstić information content (AvgIpc) is 2.30. The Labute approximate surface area is 113 Å². The van der Waals surface area contributed by atoms with Crippen LogP contribution in [0.2, 0.25) is 0 Å². The van der Waals surface area contributed by atoms with Crippen LogP contribution in [0.15, 0.2) is 28.7 Å². The van der Waals surface area contributed by atoms with Crippen LogP contribution in [0.25, 0.3) is 0 Å². The van der Waals surface area contributed by atoms with Crippen molar-refractivity contribution in [2.45, 2.75) is 31.3 Å². The van der Waals surface area contributed by atoms with Gasteiger partial charge in [-0.05, 0) is 51.2 Å². The molecule has 0 bridgehead atoms. The summed E-state index contributed by atoms with van der Waals surface area (Å²) in [6, 6.07) is 9.72. The molecule has 2 rings (SSSR count). The SMILES string of the molecule is CN(C)C(c1cccc(Br)c1)C1CCCCN1. The lowest BCUT2D eigenvalue weighted by Crippen LogP contribution is -2.44. The zero-order valence-electron chi connectivity index (χ0n) is 10.6. The number of nitrogens with zero attached hydrogens (tertiary/aromatic N) is 1. The maximum atomic E-state index is 3.66. The Hall–Kier alpha value is -0.380. The van der Waals surface area contributed by atoms with E-state index in [2.05, 4.69) is 64.5 Å². The molecule has 2 nitrogen and oxygen atoms in total. The molecule has 1 saturated heterocycles. The third-order valence-corrected chi connectivity index (χ3v) is 3.97. The van der Waals surface area contributed by atoms with E-state index < -0.39 is 0 Å². The van der Waals surface area contributed by atoms with Crippen LogP contribution >= 0.6 is 15.9 Å². The lowest BCUT2D eigenvalue weighted by atomic mass is 9.92. The first-order valence-electron chi connectivity index (χ1n) is 6.34. The van der Waals surface area contributed by atoms with Gasteiger partial charge < -0.3 is 10.2 Å². The highest BCUT2D eigenvalue weighted by Gasteiger charge is 2.26. The Kier molecular flexibility index (Phi) is 4.60. The summed E-state index contributed by atoms with van der Waals surface area (Å²) in [4.78, 5) is 2.32. The summed E-state index contributed by atoms with van der Waals surface area (Å²) in [5, 5.41) is 3.66. The third-order valence-electron chi connectivity index (χ3n) is 3.48. The van der Waals surface area contributed by atoms with E-state index >= 15 is 0 Å². The van der Waals surface area contributed by atoms with Crippen molar-refractivity contribution in [3.63, 3.8) is 0 Å². The third kappa shape index (κ3) is 3.30. The molecular formula is C14H21BrN2. The molecule has 2 atom stereocenters. The molecule has 1 aromatic carbocycles. The molecule has 17 heavy (non-hydrogen) atoms. The van der Waals surface area contributed by atoms with Crippen molar-refractivity contribution in [1.82, 2.24) is 10.2 Å². The van der Waals surface area contributed by atoms with Crippen LogP contribution in [0.3, 0.4) is 0 Å². The van der Waals surface area contributed by atoms with E-state index in [4.69, 9.17) is 0 Å². The lowest BCUT2D eigenvalue weighted by Gasteiger charge is -2.36. The Morgan fingerprint density at radius 3 is 2.76 bits per heavy atom. The summed E-state index contributed by atoms with van der Waals surface area (Å²) in [5.41, 5.74) is 1.39. The standard InChI is InChI=1S/C14H21BrN2/c1-17(2)14(13-8-3-4-9-16-13)11-6-5-7-12(15)10-11/h5-7,10,13-14,16H,3-4,8-9H2,1-2H3. The van der Waals surface area contributed by atoms with Crippen LogP contribution in [0.5, 0.6) is 0 Å². The van der Waals surface area contributed by atoms with Crippen molar-refractivity contribution in [1.29, 1.82) is 0 Å². The summed E-state index contributed by atoms with van der Waals surface area (Å²) in [7, 11) is 4.34. The predicted molar refractivity (Wildman–Crippen MR) is 76.2 cm³/mol. The van der Waals surface area contributed by atoms with Crippen LogP contribution in [-0.4, -0.2) is 31.6 Å². The molecule has 0 saturated carbocycles. The first kappa shape index (κ1) is 13.1. The molecule has 94 valence electrons. The van der Waals surface area contributed by atoms with Crippen molar-refractivity contribution in [3.05, 3.63) is 34.3 Å². The quantitative estimate of drug-likeness (QED) is 0.921. The van der Waals surface area contributed by atoms with Gasteiger partial charge in [-0.15, -0.1) is 0 Å². The fourth-order valence-electron chi connectivity index (χ4n) is 2.73. The van der Waals surface area contributed by atoms with E-state index in [1.807, 2.05) is 0 Å². The Morgan fingerprint density at radius 2 is 2.18 bits per heavy atom. The van der Waals surface area contributed by atoms with Crippen LogP contribution in [0.4, 0.5) is 0 Å². The molecule has 0 aromatic heterocycles. The zero-order valence-corrected chi connectivity index (χ0v) is 12.2. The highest BCUT2D eigenvalue weighted by Crippen LogP contribution is 2.28. The number of rotatable bonds is 3. The van der Waals surface area contributed by atoms with E-state index in [9.17, 15) is 0 Å². The Morgan fingerprint density at radius 1 is 1.35 bits per heavy atom. The van der Waals surface area contributed by atoms with Crippen molar-refractivity contribution in [2.24, 2.45) is 0 Å². The normalized spacial score (nSPS) is 22.7. The topological polar surface area (TPSA) is 15.3 Å². The van der Waals surface area contributed by atoms with Crippen molar-refractivity contribution < 1.29 is 0 Å². The number of benzene rings is 1. The molecule has 0 amide bonds. The van der Waals surface area contributed by atoms with Gasteiger partial charge >= 0.3 is 0 Å². The van der Waals surface area contributed by atoms with E-state index in [0.29, 0.717) is 12.1 Å². The highest BCUT2D eigenvalue weighted by atomic mass is 79.9. The number of piperidine rings is 1. The number of nitrogens with one attached hydrogen (secondary N) is 1. The second-order valence-corrected chi connectivity index (χ2v) is 5.94. The summed E-state index contributed by atoms with van der Waals surface area (Å²) < 4.78 is 1.16. The van der Waals surface area contributed by atoms with Crippen molar-refractivity contribution in [3.8, 4) is 0 Å². The largest absolute Gasteiger partial charge is 0.312 e. The van der Waals surface area contributed by atoms with E-state index in [0.717, 1.165) is 11.0 Å². The molecule has 3 heteroatoms. The van der Waals surface area contributed by atoms with Gasteiger partial charge in [0.05, 0.1) is 0 Å². The number of hydrogen-bond acceptors (Lipinski definition) is 2. The number of likely N-dealkylation sites (N-methyl/N-ethyl adjacent to an activating group) is 1. The van der Waals surface area contributed by atoms with Gasteiger partial charge in [0, 0.05) is 16.6 Å². The summed E-state index contributed by atoms with van der Waals surface area (Å²) in [5.74, 6) is 0. The molecule has 2 unspecified atom stereocenters. The van der Waals surface area contributed by atoms with E-state index in [-0.39, 0.29) is 0 Å². The monoisotopic (exact) mass is 296 g/mol. The minimum atomic E-state index is 0.466. The maximum Gasteiger partial charge on any atom is 0.0496 e. The first-order chi connectivity index (χ1) is 8.18. The van der Waals surface area contributed by atoms with E-state index in [1.54, 1.807) is 0 Å². The van der Waals surface area contributed by atoms with Gasteiger partial charge in [0.25, 0.3) is 0 Å². The molecule has 0 radical (unpaired) electrons. The average molecular weight is 297 g/mol. The molecule has 0 spiro atoms. The second kappa shape index (κ2) is 5.98. The van der Waals surface area contributed by atoms with Crippen LogP contribution in [-0.2, 0) is 0 Å². The van der Waals surface area contributed by atoms with Gasteiger partial charge in [-0.3, -0.25) is 0 Å². The molecule has 1 aliphatic rings. The summed E-state index contributed by atoms with van der Waals surface area (Å²) in [6.07, 6.45) is 3.93. The first-order valence-corrected chi connectivity index (χ1v) is 7.13. The molecule has 0 aliphatic carbocycles. The number of hydrogen-bond donors (Lipinski definition) is 1. The molecule has 1 aliphatic heterocycles. The van der Waals surface area contributed by atoms with Gasteiger partial charge in [0.1, 0.15) is 0 Å². The number of halogens is 1. The van der Waals surface area contributed by atoms with Crippen LogP contribution in [0.1, 0.15) is 30.9 Å². The minimum absolute atomic E-state index is 0.466. The van der Waals surface area contributed by atoms with Gasteiger partial charge in [-0.2, -0.15) is 0 Å².